The van der Waals surface area contributed by atoms with Crippen LogP contribution in [0.2, 0.25) is 0 Å². The number of aromatic nitrogens is 2. The fraction of sp³-hybridized carbons (Fsp3) is 0.500. The molecule has 0 aliphatic carbocycles. The molecule has 1 aromatic heterocycles. The smallest absolute Gasteiger partial charge is 0.242 e. The molecule has 2 N–H and O–H groups in total. The number of benzene rings is 1. The number of nitrogens with zero attached hydrogens (tertiary/aromatic N) is 3. The first-order chi connectivity index (χ1) is 14.3. The van der Waals surface area contributed by atoms with Gasteiger partial charge in [-0.25, -0.2) is 12.7 Å². The highest BCUT2D eigenvalue weighted by Gasteiger charge is 2.21. The number of hydrogen-bond acceptors (Lipinski definition) is 9. The van der Waals surface area contributed by atoms with Gasteiger partial charge in [0.15, 0.2) is 4.34 Å². The summed E-state index contributed by atoms with van der Waals surface area (Å²) in [7, 11) is -0.642. The Bertz CT molecular complexity index is 974. The number of nitrogens with one attached hydrogen (secondary N) is 2. The second-order valence-corrected chi connectivity index (χ2v) is 11.7. The van der Waals surface area contributed by atoms with Crippen molar-refractivity contribution in [2.24, 2.45) is 0 Å². The molecule has 12 heteroatoms. The lowest BCUT2D eigenvalue weighted by atomic mass is 10.2. The zero-order chi connectivity index (χ0) is 21.7. The van der Waals surface area contributed by atoms with Crippen LogP contribution >= 0.6 is 23.1 Å². The Balaban J connectivity index is 1.55. The SMILES string of the molecule is CC(Sc1nnc(NCC2CCCO2)s1)C(=O)Nc1cccc(S(=O)(=O)N(C)C)c1. The Hall–Kier alpha value is -1.73. The number of carbonyl (C=O) groups excluding carboxylic acids is 1. The number of carbonyl (C=O) groups is 1. The molecule has 164 valence electrons. The third kappa shape index (κ3) is 5.91. The van der Waals surface area contributed by atoms with Crippen LogP contribution in [0.25, 0.3) is 0 Å². The van der Waals surface area contributed by atoms with Crippen molar-refractivity contribution in [3.63, 3.8) is 0 Å². The lowest BCUT2D eigenvalue weighted by molar-refractivity contribution is -0.115. The van der Waals surface area contributed by atoms with Crippen molar-refractivity contribution in [2.45, 2.75) is 40.4 Å². The summed E-state index contributed by atoms with van der Waals surface area (Å²) in [5.74, 6) is -0.247. The summed E-state index contributed by atoms with van der Waals surface area (Å²) in [6.45, 7) is 3.27. The van der Waals surface area contributed by atoms with Crippen LogP contribution in [0.3, 0.4) is 0 Å². The molecule has 1 amide bonds. The van der Waals surface area contributed by atoms with Crippen LogP contribution in [0, 0.1) is 0 Å². The van der Waals surface area contributed by atoms with Crippen molar-refractivity contribution in [3.8, 4) is 0 Å². The van der Waals surface area contributed by atoms with E-state index in [0.29, 0.717) is 21.7 Å². The first-order valence-electron chi connectivity index (χ1n) is 9.45. The Morgan fingerprint density at radius 3 is 2.90 bits per heavy atom. The Kier molecular flexibility index (Phi) is 7.69. The van der Waals surface area contributed by atoms with Gasteiger partial charge < -0.3 is 15.4 Å². The van der Waals surface area contributed by atoms with Gasteiger partial charge in [0.1, 0.15) is 0 Å². The number of ether oxygens (including phenoxy) is 1. The highest BCUT2D eigenvalue weighted by molar-refractivity contribution is 8.02. The maximum Gasteiger partial charge on any atom is 0.242 e. The maximum absolute atomic E-state index is 12.6. The predicted molar refractivity (Wildman–Crippen MR) is 119 cm³/mol. The van der Waals surface area contributed by atoms with Crippen molar-refractivity contribution < 1.29 is 17.9 Å². The third-order valence-electron chi connectivity index (χ3n) is 4.44. The van der Waals surface area contributed by atoms with Gasteiger partial charge in [0.05, 0.1) is 16.2 Å². The second-order valence-electron chi connectivity index (χ2n) is 6.95. The summed E-state index contributed by atoms with van der Waals surface area (Å²) in [5, 5.41) is 14.5. The van der Waals surface area contributed by atoms with Gasteiger partial charge in [-0.05, 0) is 38.0 Å². The molecular weight excluding hydrogens is 446 g/mol. The average molecular weight is 472 g/mol. The van der Waals surface area contributed by atoms with Crippen molar-refractivity contribution in [3.05, 3.63) is 24.3 Å². The molecule has 1 aliphatic rings. The minimum Gasteiger partial charge on any atom is -0.376 e. The molecule has 0 spiro atoms. The minimum absolute atomic E-state index is 0.122. The highest BCUT2D eigenvalue weighted by atomic mass is 32.2. The van der Waals surface area contributed by atoms with Crippen LogP contribution in [0.1, 0.15) is 19.8 Å². The summed E-state index contributed by atoms with van der Waals surface area (Å²) >= 11 is 2.69. The summed E-state index contributed by atoms with van der Waals surface area (Å²) in [4.78, 5) is 12.7. The van der Waals surface area contributed by atoms with Crippen molar-refractivity contribution >= 4 is 49.8 Å². The maximum atomic E-state index is 12.6. The van der Waals surface area contributed by atoms with E-state index in [0.717, 1.165) is 23.8 Å². The molecule has 2 atom stereocenters. The molecular formula is C18H25N5O4S3. The zero-order valence-electron chi connectivity index (χ0n) is 17.0. The number of sulfonamides is 1. The Labute approximate surface area is 184 Å². The highest BCUT2D eigenvalue weighted by Crippen LogP contribution is 2.30. The fourth-order valence-corrected chi connectivity index (χ4v) is 5.58. The number of anilines is 2. The van der Waals surface area contributed by atoms with E-state index in [9.17, 15) is 13.2 Å². The van der Waals surface area contributed by atoms with Crippen LogP contribution in [0.4, 0.5) is 10.8 Å². The standard InChI is InChI=1S/C18H25N5O4S3/c1-12(28-18-22-21-17(29-18)19-11-14-7-5-9-27-14)16(24)20-13-6-4-8-15(10-13)30(25,26)23(2)3/h4,6,8,10,12,14H,5,7,9,11H2,1-3H3,(H,19,21)(H,20,24). The van der Waals surface area contributed by atoms with E-state index in [2.05, 4.69) is 20.8 Å². The van der Waals surface area contributed by atoms with Crippen LogP contribution in [-0.2, 0) is 19.6 Å². The van der Waals surface area contributed by atoms with Gasteiger partial charge >= 0.3 is 0 Å². The lowest BCUT2D eigenvalue weighted by Gasteiger charge is -2.14. The van der Waals surface area contributed by atoms with E-state index in [1.54, 1.807) is 19.1 Å². The molecule has 1 fully saturated rings. The molecule has 0 bridgehead atoms. The number of amides is 1. The molecule has 2 unspecified atom stereocenters. The quantitative estimate of drug-likeness (QED) is 0.536. The van der Waals surface area contributed by atoms with E-state index in [4.69, 9.17) is 4.74 Å². The molecule has 0 saturated carbocycles. The summed E-state index contributed by atoms with van der Waals surface area (Å²) in [6.07, 6.45) is 2.34. The van der Waals surface area contributed by atoms with Crippen LogP contribution in [-0.4, -0.2) is 67.4 Å². The van der Waals surface area contributed by atoms with Crippen LogP contribution < -0.4 is 10.6 Å². The van der Waals surface area contributed by atoms with E-state index in [1.807, 2.05) is 0 Å². The Morgan fingerprint density at radius 1 is 1.40 bits per heavy atom. The topological polar surface area (TPSA) is 114 Å². The molecule has 1 aromatic carbocycles. The molecule has 1 aliphatic heterocycles. The molecule has 3 rings (SSSR count). The second kappa shape index (κ2) is 10.1. The van der Waals surface area contributed by atoms with E-state index in [1.165, 1.54) is 49.3 Å². The summed E-state index contributed by atoms with van der Waals surface area (Å²) < 4.78 is 31.9. The number of rotatable bonds is 9. The average Bonchev–Trinajstić information content (AvgIpc) is 3.38. The molecule has 2 heterocycles. The largest absolute Gasteiger partial charge is 0.376 e. The normalized spacial score (nSPS) is 17.8. The number of hydrogen-bond donors (Lipinski definition) is 2. The molecule has 9 nitrogen and oxygen atoms in total. The van der Waals surface area contributed by atoms with Crippen molar-refractivity contribution in [1.82, 2.24) is 14.5 Å². The first kappa shape index (κ1) is 22.9. The fourth-order valence-electron chi connectivity index (χ4n) is 2.73. The molecule has 0 radical (unpaired) electrons. The van der Waals surface area contributed by atoms with Gasteiger partial charge in [0.25, 0.3) is 0 Å². The first-order valence-corrected chi connectivity index (χ1v) is 12.6. The van der Waals surface area contributed by atoms with Crippen molar-refractivity contribution in [2.75, 3.05) is 37.9 Å². The molecule has 1 saturated heterocycles. The van der Waals surface area contributed by atoms with E-state index < -0.39 is 15.3 Å². The predicted octanol–water partition coefficient (Wildman–Crippen LogP) is 2.50. The lowest BCUT2D eigenvalue weighted by Crippen LogP contribution is -2.24. The molecule has 2 aromatic rings. The van der Waals surface area contributed by atoms with Gasteiger partial charge in [-0.2, -0.15) is 0 Å². The summed E-state index contributed by atoms with van der Waals surface area (Å²) in [6, 6.07) is 6.20. The number of thioether (sulfide) groups is 1. The van der Waals surface area contributed by atoms with Gasteiger partial charge in [0, 0.05) is 32.9 Å². The van der Waals surface area contributed by atoms with E-state index in [-0.39, 0.29) is 16.9 Å². The van der Waals surface area contributed by atoms with Gasteiger partial charge in [-0.1, -0.05) is 29.2 Å². The van der Waals surface area contributed by atoms with Crippen LogP contribution in [0.15, 0.2) is 33.5 Å². The monoisotopic (exact) mass is 471 g/mol. The zero-order valence-corrected chi connectivity index (χ0v) is 19.4. The van der Waals surface area contributed by atoms with Gasteiger partial charge in [-0.15, -0.1) is 10.2 Å². The van der Waals surface area contributed by atoms with E-state index >= 15 is 0 Å². The Morgan fingerprint density at radius 2 is 2.20 bits per heavy atom. The van der Waals surface area contributed by atoms with Gasteiger partial charge in [0.2, 0.25) is 21.1 Å². The van der Waals surface area contributed by atoms with Gasteiger partial charge in [-0.3, -0.25) is 4.79 Å². The van der Waals surface area contributed by atoms with Crippen molar-refractivity contribution in [1.29, 1.82) is 0 Å². The van der Waals surface area contributed by atoms with Crippen LogP contribution in [0.5, 0.6) is 0 Å². The molecule has 30 heavy (non-hydrogen) atoms. The third-order valence-corrected chi connectivity index (χ3v) is 8.31. The minimum atomic E-state index is -3.57. The summed E-state index contributed by atoms with van der Waals surface area (Å²) in [5.41, 5.74) is 0.423.